The first-order valence-electron chi connectivity index (χ1n) is 4.46. The Labute approximate surface area is 83.4 Å². The lowest BCUT2D eigenvalue weighted by Crippen LogP contribution is -2.25. The molecule has 4 heteroatoms. The van der Waals surface area contributed by atoms with Gasteiger partial charge in [-0.05, 0) is 26.8 Å². The standard InChI is InChI=1S/C10H14N2O2/c1-10(2,3)14-9(13)8-4-6-11-12-7-5-8/h4,6-7H,5H2,1-3H3. The largest absolute Gasteiger partial charge is 0.457 e. The SMILES string of the molecule is CC(C)(C)OC(=O)C1=CC=NN=CC1. The highest BCUT2D eigenvalue weighted by molar-refractivity contribution is 5.97. The van der Waals surface area contributed by atoms with Gasteiger partial charge < -0.3 is 4.74 Å². The molecule has 1 heterocycles. The van der Waals surface area contributed by atoms with Gasteiger partial charge in [0.05, 0.1) is 6.21 Å². The zero-order valence-corrected chi connectivity index (χ0v) is 8.65. The summed E-state index contributed by atoms with van der Waals surface area (Å²) in [5.74, 6) is -0.308. The van der Waals surface area contributed by atoms with E-state index in [-0.39, 0.29) is 5.97 Å². The van der Waals surface area contributed by atoms with Crippen LogP contribution in [-0.4, -0.2) is 24.0 Å². The summed E-state index contributed by atoms with van der Waals surface area (Å²) < 4.78 is 5.20. The van der Waals surface area contributed by atoms with Gasteiger partial charge in [-0.1, -0.05) is 0 Å². The molecule has 0 saturated heterocycles. The average molecular weight is 194 g/mol. The fourth-order valence-electron chi connectivity index (χ4n) is 0.911. The van der Waals surface area contributed by atoms with Gasteiger partial charge in [-0.15, -0.1) is 0 Å². The lowest BCUT2D eigenvalue weighted by molar-refractivity contribution is -0.149. The predicted molar refractivity (Wildman–Crippen MR) is 55.5 cm³/mol. The number of nitrogens with zero attached hydrogens (tertiary/aromatic N) is 2. The number of carbonyl (C=O) groups is 1. The molecule has 0 amide bonds. The quantitative estimate of drug-likeness (QED) is 0.597. The molecule has 1 aliphatic heterocycles. The Morgan fingerprint density at radius 2 is 2.14 bits per heavy atom. The molecule has 0 aliphatic carbocycles. The van der Waals surface area contributed by atoms with Crippen molar-refractivity contribution in [3.63, 3.8) is 0 Å². The van der Waals surface area contributed by atoms with Crippen molar-refractivity contribution in [1.82, 2.24) is 0 Å². The molecule has 0 spiro atoms. The van der Waals surface area contributed by atoms with Crippen LogP contribution in [0.5, 0.6) is 0 Å². The highest BCUT2D eigenvalue weighted by Crippen LogP contribution is 2.12. The van der Waals surface area contributed by atoms with Crippen LogP contribution < -0.4 is 0 Å². The van der Waals surface area contributed by atoms with Crippen molar-refractivity contribution in [2.75, 3.05) is 0 Å². The van der Waals surface area contributed by atoms with E-state index in [0.29, 0.717) is 12.0 Å². The third-order valence-electron chi connectivity index (χ3n) is 1.46. The molecule has 0 fully saturated rings. The highest BCUT2D eigenvalue weighted by Gasteiger charge is 2.19. The zero-order valence-electron chi connectivity index (χ0n) is 8.65. The maximum atomic E-state index is 11.6. The van der Waals surface area contributed by atoms with E-state index in [2.05, 4.69) is 10.2 Å². The smallest absolute Gasteiger partial charge is 0.334 e. The molecular weight excluding hydrogens is 180 g/mol. The third-order valence-corrected chi connectivity index (χ3v) is 1.46. The molecule has 0 N–H and O–H groups in total. The lowest BCUT2D eigenvalue weighted by Gasteiger charge is -2.19. The number of rotatable bonds is 1. The van der Waals surface area contributed by atoms with Gasteiger partial charge in [0.25, 0.3) is 0 Å². The van der Waals surface area contributed by atoms with Crippen LogP contribution in [0.4, 0.5) is 0 Å². The van der Waals surface area contributed by atoms with Gasteiger partial charge in [-0.2, -0.15) is 10.2 Å². The molecule has 1 rings (SSSR count). The minimum atomic E-state index is -0.460. The van der Waals surface area contributed by atoms with Gasteiger partial charge in [0.2, 0.25) is 0 Å². The van der Waals surface area contributed by atoms with Crippen molar-refractivity contribution in [2.45, 2.75) is 32.8 Å². The van der Waals surface area contributed by atoms with Gasteiger partial charge >= 0.3 is 5.97 Å². The summed E-state index contributed by atoms with van der Waals surface area (Å²) in [5.41, 5.74) is 0.114. The van der Waals surface area contributed by atoms with Gasteiger partial charge in [0, 0.05) is 18.2 Å². The number of ether oxygens (including phenoxy) is 1. The molecule has 0 aromatic heterocycles. The number of allylic oxidation sites excluding steroid dienone is 1. The average Bonchev–Trinajstić information content (AvgIpc) is 2.27. The minimum absolute atomic E-state index is 0.308. The van der Waals surface area contributed by atoms with Crippen molar-refractivity contribution in [1.29, 1.82) is 0 Å². The van der Waals surface area contributed by atoms with Crippen LogP contribution in [0.15, 0.2) is 21.9 Å². The molecule has 0 bridgehead atoms. The summed E-state index contributed by atoms with van der Waals surface area (Å²) in [4.78, 5) is 11.6. The van der Waals surface area contributed by atoms with Crippen LogP contribution in [-0.2, 0) is 9.53 Å². The number of esters is 1. The van der Waals surface area contributed by atoms with Crippen LogP contribution in [0, 0.1) is 0 Å². The van der Waals surface area contributed by atoms with Crippen molar-refractivity contribution in [2.24, 2.45) is 10.2 Å². The van der Waals surface area contributed by atoms with E-state index >= 15 is 0 Å². The summed E-state index contributed by atoms with van der Waals surface area (Å²) in [6.07, 6.45) is 5.16. The Morgan fingerprint density at radius 3 is 2.79 bits per heavy atom. The maximum absolute atomic E-state index is 11.6. The molecule has 4 nitrogen and oxygen atoms in total. The van der Waals surface area contributed by atoms with Crippen LogP contribution in [0.3, 0.4) is 0 Å². The van der Waals surface area contributed by atoms with Crippen LogP contribution >= 0.6 is 0 Å². The van der Waals surface area contributed by atoms with Crippen LogP contribution in [0.25, 0.3) is 0 Å². The summed E-state index contributed by atoms with van der Waals surface area (Å²) in [7, 11) is 0. The molecule has 0 atom stereocenters. The second-order valence-corrected chi connectivity index (χ2v) is 3.96. The molecule has 0 radical (unpaired) electrons. The van der Waals surface area contributed by atoms with Crippen molar-refractivity contribution >= 4 is 18.4 Å². The highest BCUT2D eigenvalue weighted by atomic mass is 16.6. The van der Waals surface area contributed by atoms with Crippen LogP contribution in [0.1, 0.15) is 27.2 Å². The van der Waals surface area contributed by atoms with Crippen LogP contribution in [0.2, 0.25) is 0 Å². The number of carbonyl (C=O) groups excluding carboxylic acids is 1. The minimum Gasteiger partial charge on any atom is -0.457 e. The zero-order chi connectivity index (χ0) is 10.6. The van der Waals surface area contributed by atoms with Gasteiger partial charge in [0.1, 0.15) is 5.60 Å². The van der Waals surface area contributed by atoms with E-state index in [1.54, 1.807) is 12.3 Å². The van der Waals surface area contributed by atoms with Gasteiger partial charge in [0.15, 0.2) is 0 Å². The Bertz CT molecular complexity index is 309. The Hall–Kier alpha value is -1.45. The van der Waals surface area contributed by atoms with Crippen molar-refractivity contribution in [3.05, 3.63) is 11.6 Å². The first-order chi connectivity index (χ1) is 6.49. The van der Waals surface area contributed by atoms with Gasteiger partial charge in [-0.3, -0.25) is 0 Å². The molecule has 0 aromatic carbocycles. The van der Waals surface area contributed by atoms with Crippen molar-refractivity contribution in [3.8, 4) is 0 Å². The summed E-state index contributed by atoms with van der Waals surface area (Å²) >= 11 is 0. The summed E-state index contributed by atoms with van der Waals surface area (Å²) in [6.45, 7) is 5.51. The molecule has 0 saturated carbocycles. The van der Waals surface area contributed by atoms with E-state index in [1.165, 1.54) is 6.21 Å². The topological polar surface area (TPSA) is 51.0 Å². The molecule has 0 unspecified atom stereocenters. The Morgan fingerprint density at radius 1 is 1.43 bits per heavy atom. The number of hydrogen-bond donors (Lipinski definition) is 0. The number of hydrogen-bond acceptors (Lipinski definition) is 4. The van der Waals surface area contributed by atoms with Crippen molar-refractivity contribution < 1.29 is 9.53 Å². The Kier molecular flexibility index (Phi) is 3.17. The Balaban J connectivity index is 2.66. The van der Waals surface area contributed by atoms with E-state index < -0.39 is 5.60 Å². The third kappa shape index (κ3) is 3.51. The fourth-order valence-corrected chi connectivity index (χ4v) is 0.911. The fraction of sp³-hybridized carbons (Fsp3) is 0.500. The summed E-state index contributed by atoms with van der Waals surface area (Å²) in [5, 5.41) is 7.34. The first kappa shape index (κ1) is 10.6. The van der Waals surface area contributed by atoms with E-state index in [9.17, 15) is 4.79 Å². The molecule has 1 aliphatic rings. The molecule has 76 valence electrons. The normalized spacial score (nSPS) is 16.1. The van der Waals surface area contributed by atoms with E-state index in [4.69, 9.17) is 4.74 Å². The first-order valence-corrected chi connectivity index (χ1v) is 4.46. The second-order valence-electron chi connectivity index (χ2n) is 3.96. The van der Waals surface area contributed by atoms with E-state index in [0.717, 1.165) is 0 Å². The predicted octanol–water partition coefficient (Wildman–Crippen LogP) is 1.71. The lowest BCUT2D eigenvalue weighted by atomic mass is 10.1. The molecular formula is C10H14N2O2. The molecule has 0 aromatic rings. The monoisotopic (exact) mass is 194 g/mol. The van der Waals surface area contributed by atoms with E-state index in [1.807, 2.05) is 20.8 Å². The summed E-state index contributed by atoms with van der Waals surface area (Å²) in [6, 6.07) is 0. The maximum Gasteiger partial charge on any atom is 0.334 e. The molecule has 14 heavy (non-hydrogen) atoms. The van der Waals surface area contributed by atoms with Gasteiger partial charge in [-0.25, -0.2) is 4.79 Å². The second kappa shape index (κ2) is 4.17.